The maximum Gasteiger partial charge on any atom is 0.272 e. The number of carbonyl (C=O) groups excluding carboxylic acids is 1. The van der Waals surface area contributed by atoms with Gasteiger partial charge in [0.2, 0.25) is 5.91 Å². The molecule has 0 aliphatic carbocycles. The van der Waals surface area contributed by atoms with Crippen molar-refractivity contribution in [1.82, 2.24) is 14.5 Å². The predicted octanol–water partition coefficient (Wildman–Crippen LogP) is 3.37. The van der Waals surface area contributed by atoms with Gasteiger partial charge in [0.25, 0.3) is 5.56 Å². The summed E-state index contributed by atoms with van der Waals surface area (Å²) in [5.74, 6) is 0.456. The third-order valence-electron chi connectivity index (χ3n) is 4.93. The van der Waals surface area contributed by atoms with Crippen molar-refractivity contribution in [3.8, 4) is 5.69 Å². The third kappa shape index (κ3) is 3.94. The van der Waals surface area contributed by atoms with Crippen LogP contribution in [0.5, 0.6) is 0 Å². The molecule has 7 heteroatoms. The molecule has 0 saturated carbocycles. The Balaban J connectivity index is 1.65. The summed E-state index contributed by atoms with van der Waals surface area (Å²) >= 11 is 2.98. The number of benzene rings is 1. The van der Waals surface area contributed by atoms with Crippen LogP contribution in [0, 0.1) is 0 Å². The van der Waals surface area contributed by atoms with Crippen LogP contribution in [0.3, 0.4) is 0 Å². The number of aromatic nitrogens is 2. The van der Waals surface area contributed by atoms with E-state index in [2.05, 4.69) is 6.92 Å². The number of piperidine rings is 1. The van der Waals surface area contributed by atoms with Gasteiger partial charge in [-0.15, -0.1) is 11.8 Å². The quantitative estimate of drug-likeness (QED) is 0.581. The number of amides is 1. The number of fused-ring (bicyclic) bond motifs is 1. The second-order valence-electron chi connectivity index (χ2n) is 7.01. The highest BCUT2D eigenvalue weighted by Crippen LogP contribution is 2.34. The Kier molecular flexibility index (Phi) is 5.59. The van der Waals surface area contributed by atoms with E-state index in [1.165, 1.54) is 18.2 Å². The lowest BCUT2D eigenvalue weighted by Crippen LogP contribution is -2.37. The Morgan fingerprint density at radius 2 is 1.96 bits per heavy atom. The van der Waals surface area contributed by atoms with Crippen LogP contribution in [-0.4, -0.2) is 44.5 Å². The van der Waals surface area contributed by atoms with Crippen molar-refractivity contribution in [3.63, 3.8) is 0 Å². The molecule has 142 valence electrons. The van der Waals surface area contributed by atoms with Gasteiger partial charge in [-0.05, 0) is 31.4 Å². The summed E-state index contributed by atoms with van der Waals surface area (Å²) in [6.45, 7) is 3.80. The normalized spacial score (nSPS) is 19.1. The molecule has 2 aliphatic rings. The van der Waals surface area contributed by atoms with Gasteiger partial charge in [-0.25, -0.2) is 4.98 Å². The van der Waals surface area contributed by atoms with Crippen LogP contribution in [0.15, 0.2) is 45.2 Å². The molecule has 3 heterocycles. The second kappa shape index (κ2) is 8.10. The van der Waals surface area contributed by atoms with Gasteiger partial charge in [0.15, 0.2) is 5.16 Å². The first-order valence-electron chi connectivity index (χ1n) is 9.42. The maximum atomic E-state index is 13.2. The first-order valence-corrected chi connectivity index (χ1v) is 11.3. The Morgan fingerprint density at radius 3 is 2.70 bits per heavy atom. The molecule has 4 rings (SSSR count). The average Bonchev–Trinajstić information content (AvgIpc) is 3.08. The Hall–Kier alpha value is -1.73. The number of thioether (sulfide) groups is 2. The largest absolute Gasteiger partial charge is 0.342 e. The van der Waals surface area contributed by atoms with Gasteiger partial charge in [0, 0.05) is 24.8 Å². The van der Waals surface area contributed by atoms with Crippen molar-refractivity contribution in [1.29, 1.82) is 0 Å². The van der Waals surface area contributed by atoms with E-state index in [-0.39, 0.29) is 11.5 Å². The second-order valence-corrected chi connectivity index (χ2v) is 9.40. The van der Waals surface area contributed by atoms with E-state index in [0.29, 0.717) is 16.2 Å². The minimum atomic E-state index is -0.0199. The minimum absolute atomic E-state index is 0.0199. The van der Waals surface area contributed by atoms with E-state index in [1.807, 2.05) is 35.2 Å². The first-order chi connectivity index (χ1) is 13.1. The van der Waals surface area contributed by atoms with Gasteiger partial charge >= 0.3 is 0 Å². The Morgan fingerprint density at radius 1 is 1.22 bits per heavy atom. The number of likely N-dealkylation sites (tertiary alicyclic amines) is 1. The lowest BCUT2D eigenvalue weighted by Gasteiger charge is -2.26. The summed E-state index contributed by atoms with van der Waals surface area (Å²) in [5.41, 5.74) is 1.65. The number of carbonyl (C=O) groups is 1. The zero-order valence-corrected chi connectivity index (χ0v) is 17.0. The van der Waals surface area contributed by atoms with E-state index >= 15 is 0 Å². The first kappa shape index (κ1) is 18.6. The monoisotopic (exact) mass is 401 g/mol. The molecule has 5 nitrogen and oxygen atoms in total. The smallest absolute Gasteiger partial charge is 0.272 e. The number of rotatable bonds is 4. The molecule has 0 radical (unpaired) electrons. The highest BCUT2D eigenvalue weighted by Gasteiger charge is 2.27. The van der Waals surface area contributed by atoms with Crippen LogP contribution >= 0.6 is 23.5 Å². The summed E-state index contributed by atoms with van der Waals surface area (Å²) < 4.78 is 1.66. The molecule has 1 atom stereocenters. The Bertz CT molecular complexity index is 892. The standard InChI is InChI=1S/C20H23N3O2S2/c1-14-12-16-18(27-14)19(25)23(15-8-4-2-5-9-15)20(21-16)26-13-17(24)22-10-6-3-7-11-22/h2,4-5,8-9,14H,3,6-7,10-13H2,1H3/t14-/m0/s1. The molecule has 1 fully saturated rings. The number of nitrogens with zero attached hydrogens (tertiary/aromatic N) is 3. The van der Waals surface area contributed by atoms with Crippen molar-refractivity contribution >= 4 is 29.4 Å². The molecule has 1 amide bonds. The number of hydrogen-bond donors (Lipinski definition) is 0. The van der Waals surface area contributed by atoms with Crippen molar-refractivity contribution in [3.05, 3.63) is 46.4 Å². The van der Waals surface area contributed by atoms with E-state index in [4.69, 9.17) is 4.98 Å². The zero-order valence-electron chi connectivity index (χ0n) is 15.4. The fourth-order valence-electron chi connectivity index (χ4n) is 3.56. The SMILES string of the molecule is C[C@H]1Cc2nc(SCC(=O)N3CCCCC3)n(-c3ccccc3)c(=O)c2S1. The molecule has 0 unspecified atom stereocenters. The van der Waals surface area contributed by atoms with Gasteiger partial charge in [-0.2, -0.15) is 0 Å². The van der Waals surface area contributed by atoms with Gasteiger partial charge in [-0.3, -0.25) is 14.2 Å². The van der Waals surface area contributed by atoms with Gasteiger partial charge < -0.3 is 4.90 Å². The van der Waals surface area contributed by atoms with Gasteiger partial charge in [0.1, 0.15) is 0 Å². The van der Waals surface area contributed by atoms with E-state index in [9.17, 15) is 9.59 Å². The summed E-state index contributed by atoms with van der Waals surface area (Å²) in [6, 6.07) is 9.58. The zero-order chi connectivity index (χ0) is 18.8. The van der Waals surface area contributed by atoms with Crippen LogP contribution in [0.4, 0.5) is 0 Å². The lowest BCUT2D eigenvalue weighted by atomic mass is 10.1. The van der Waals surface area contributed by atoms with Crippen LogP contribution in [0.2, 0.25) is 0 Å². The van der Waals surface area contributed by atoms with Crippen molar-refractivity contribution in [2.75, 3.05) is 18.8 Å². The fraction of sp³-hybridized carbons (Fsp3) is 0.450. The molecule has 2 aliphatic heterocycles. The van der Waals surface area contributed by atoms with Gasteiger partial charge in [0.05, 0.1) is 22.0 Å². The van der Waals surface area contributed by atoms with Gasteiger partial charge in [-0.1, -0.05) is 36.9 Å². The highest BCUT2D eigenvalue weighted by atomic mass is 32.2. The summed E-state index contributed by atoms with van der Waals surface area (Å²) in [4.78, 5) is 33.2. The molecule has 27 heavy (non-hydrogen) atoms. The van der Waals surface area contributed by atoms with Crippen LogP contribution < -0.4 is 5.56 Å². The fourth-order valence-corrected chi connectivity index (χ4v) is 5.59. The highest BCUT2D eigenvalue weighted by molar-refractivity contribution is 8.00. The summed E-state index contributed by atoms with van der Waals surface area (Å²) in [7, 11) is 0. The van der Waals surface area contributed by atoms with E-state index < -0.39 is 0 Å². The Labute approximate surface area is 167 Å². The molecular weight excluding hydrogens is 378 g/mol. The van der Waals surface area contributed by atoms with Crippen molar-refractivity contribution in [2.24, 2.45) is 0 Å². The van der Waals surface area contributed by atoms with E-state index in [0.717, 1.165) is 48.6 Å². The molecule has 1 aromatic heterocycles. The molecule has 2 aromatic rings. The maximum absolute atomic E-state index is 13.2. The average molecular weight is 402 g/mol. The number of hydrogen-bond acceptors (Lipinski definition) is 5. The van der Waals surface area contributed by atoms with Crippen molar-refractivity contribution in [2.45, 2.75) is 47.9 Å². The molecule has 0 N–H and O–H groups in total. The summed E-state index contributed by atoms with van der Waals surface area (Å²) in [6.07, 6.45) is 4.17. The molecular formula is C20H23N3O2S2. The molecule has 1 aromatic carbocycles. The molecule has 0 spiro atoms. The summed E-state index contributed by atoms with van der Waals surface area (Å²) in [5, 5.41) is 0.977. The minimum Gasteiger partial charge on any atom is -0.342 e. The lowest BCUT2D eigenvalue weighted by molar-refractivity contribution is -0.129. The van der Waals surface area contributed by atoms with Crippen LogP contribution in [0.25, 0.3) is 5.69 Å². The van der Waals surface area contributed by atoms with Crippen molar-refractivity contribution < 1.29 is 4.79 Å². The molecule has 1 saturated heterocycles. The third-order valence-corrected chi connectivity index (χ3v) is 7.07. The predicted molar refractivity (Wildman–Crippen MR) is 110 cm³/mol. The topological polar surface area (TPSA) is 55.2 Å². The molecule has 0 bridgehead atoms. The van der Waals surface area contributed by atoms with Crippen LogP contribution in [0.1, 0.15) is 31.9 Å². The van der Waals surface area contributed by atoms with E-state index in [1.54, 1.807) is 16.3 Å². The number of para-hydroxylation sites is 1. The van der Waals surface area contributed by atoms with Crippen LogP contribution in [-0.2, 0) is 11.2 Å².